The van der Waals surface area contributed by atoms with Gasteiger partial charge in [0.1, 0.15) is 11.5 Å². The Morgan fingerprint density at radius 2 is 2.00 bits per heavy atom. The van der Waals surface area contributed by atoms with Crippen molar-refractivity contribution in [1.82, 2.24) is 19.6 Å². The van der Waals surface area contributed by atoms with Crippen LogP contribution in [0, 0.1) is 5.82 Å². The summed E-state index contributed by atoms with van der Waals surface area (Å²) in [5.74, 6) is 0.513. The molecule has 0 aliphatic rings. The Labute approximate surface area is 151 Å². The van der Waals surface area contributed by atoms with Crippen LogP contribution in [0.1, 0.15) is 11.3 Å². The van der Waals surface area contributed by atoms with E-state index in [-0.39, 0.29) is 5.82 Å². The molecule has 3 aromatic heterocycles. The molecule has 8 heteroatoms. The average molecular weight is 371 g/mol. The molecule has 126 valence electrons. The molecule has 0 aliphatic heterocycles. The van der Waals surface area contributed by atoms with Gasteiger partial charge < -0.3 is 9.72 Å². The number of anilines is 1. The quantitative estimate of drug-likeness (QED) is 0.514. The van der Waals surface area contributed by atoms with Gasteiger partial charge in [0.05, 0.1) is 5.69 Å². The average Bonchev–Trinajstić information content (AvgIpc) is 3.25. The van der Waals surface area contributed by atoms with E-state index in [0.29, 0.717) is 6.54 Å². The largest absolute Gasteiger partial charge is 0.356 e. The van der Waals surface area contributed by atoms with E-state index in [1.165, 1.54) is 23.5 Å². The minimum atomic E-state index is -0.231. The molecule has 0 amide bonds. The van der Waals surface area contributed by atoms with Crippen LogP contribution in [-0.4, -0.2) is 19.6 Å². The van der Waals surface area contributed by atoms with Crippen LogP contribution in [0.4, 0.5) is 9.52 Å². The van der Waals surface area contributed by atoms with Crippen LogP contribution in [0.5, 0.6) is 0 Å². The Morgan fingerprint density at radius 3 is 2.84 bits per heavy atom. The number of benzene rings is 1. The second kappa shape index (κ2) is 7.20. The van der Waals surface area contributed by atoms with Crippen LogP contribution in [0.3, 0.4) is 0 Å². The molecule has 0 aliphatic carbocycles. The molecule has 0 atom stereocenters. The van der Waals surface area contributed by atoms with E-state index in [9.17, 15) is 4.39 Å². The second-order valence-corrected chi connectivity index (χ2v) is 7.54. The first-order valence-corrected chi connectivity index (χ1v) is 9.44. The van der Waals surface area contributed by atoms with Crippen molar-refractivity contribution in [3.8, 4) is 0 Å². The maximum atomic E-state index is 12.9. The number of rotatable bonds is 6. The summed E-state index contributed by atoms with van der Waals surface area (Å²) in [6.45, 7) is 0.589. The number of thioether (sulfide) groups is 1. The highest BCUT2D eigenvalue weighted by molar-refractivity contribution is 8.00. The lowest BCUT2D eigenvalue weighted by molar-refractivity contribution is 0.627. The number of nitrogens with one attached hydrogen (secondary N) is 1. The molecule has 0 radical (unpaired) electrons. The van der Waals surface area contributed by atoms with Gasteiger partial charge in [-0.05, 0) is 29.8 Å². The first kappa shape index (κ1) is 16.0. The standard InChI is InChI=1S/C17H14FN5S2/c18-13-6-4-12(5-7-13)9-19-16-21-22-17(25-16)24-11-14-10-23-8-2-1-3-15(23)20-14/h1-8,10H,9,11H2,(H,19,21). The minimum absolute atomic E-state index is 0.231. The number of fused-ring (bicyclic) bond motifs is 1. The lowest BCUT2D eigenvalue weighted by Crippen LogP contribution is -1.98. The van der Waals surface area contributed by atoms with Crippen molar-refractivity contribution in [2.24, 2.45) is 0 Å². The van der Waals surface area contributed by atoms with E-state index >= 15 is 0 Å². The molecule has 0 fully saturated rings. The number of pyridine rings is 1. The highest BCUT2D eigenvalue weighted by Gasteiger charge is 2.07. The van der Waals surface area contributed by atoms with E-state index in [0.717, 1.165) is 32.1 Å². The van der Waals surface area contributed by atoms with E-state index in [2.05, 4.69) is 20.5 Å². The monoisotopic (exact) mass is 371 g/mol. The summed E-state index contributed by atoms with van der Waals surface area (Å²) in [6.07, 6.45) is 4.01. The summed E-state index contributed by atoms with van der Waals surface area (Å²) in [4.78, 5) is 4.57. The number of halogens is 1. The Hall–Kier alpha value is -2.45. The maximum absolute atomic E-state index is 12.9. The number of aromatic nitrogens is 4. The molecule has 0 bridgehead atoms. The lowest BCUT2D eigenvalue weighted by atomic mass is 10.2. The van der Waals surface area contributed by atoms with Gasteiger partial charge in [-0.15, -0.1) is 10.2 Å². The SMILES string of the molecule is Fc1ccc(CNc2nnc(SCc3cn4ccccc4n3)s2)cc1. The smallest absolute Gasteiger partial charge is 0.206 e. The molecule has 0 saturated carbocycles. The molecule has 0 unspecified atom stereocenters. The highest BCUT2D eigenvalue weighted by Crippen LogP contribution is 2.28. The summed E-state index contributed by atoms with van der Waals surface area (Å²) in [5.41, 5.74) is 2.94. The zero-order valence-corrected chi connectivity index (χ0v) is 14.7. The van der Waals surface area contributed by atoms with E-state index in [4.69, 9.17) is 0 Å². The zero-order chi connectivity index (χ0) is 17.1. The second-order valence-electron chi connectivity index (χ2n) is 5.34. The lowest BCUT2D eigenvalue weighted by Gasteiger charge is -2.01. The van der Waals surface area contributed by atoms with Gasteiger partial charge in [-0.2, -0.15) is 0 Å². The first-order chi connectivity index (χ1) is 12.3. The molecule has 0 spiro atoms. The molecule has 3 heterocycles. The fourth-order valence-electron chi connectivity index (χ4n) is 2.31. The van der Waals surface area contributed by atoms with Crippen molar-refractivity contribution < 1.29 is 4.39 Å². The van der Waals surface area contributed by atoms with Crippen molar-refractivity contribution in [2.75, 3.05) is 5.32 Å². The van der Waals surface area contributed by atoms with Gasteiger partial charge in [-0.3, -0.25) is 0 Å². The van der Waals surface area contributed by atoms with Gasteiger partial charge in [-0.1, -0.05) is 41.3 Å². The molecule has 1 N–H and O–H groups in total. The van der Waals surface area contributed by atoms with Gasteiger partial charge >= 0.3 is 0 Å². The van der Waals surface area contributed by atoms with Crippen LogP contribution in [0.15, 0.2) is 59.2 Å². The third-order valence-corrected chi connectivity index (χ3v) is 5.57. The molecular weight excluding hydrogens is 357 g/mol. The molecule has 25 heavy (non-hydrogen) atoms. The van der Waals surface area contributed by atoms with Crippen LogP contribution in [0.25, 0.3) is 5.65 Å². The Bertz CT molecular complexity index is 947. The van der Waals surface area contributed by atoms with Gasteiger partial charge in [0.25, 0.3) is 0 Å². The van der Waals surface area contributed by atoms with Crippen LogP contribution >= 0.6 is 23.1 Å². The molecule has 4 rings (SSSR count). The fraction of sp³-hybridized carbons (Fsp3) is 0.118. The molecule has 1 aromatic carbocycles. The van der Waals surface area contributed by atoms with Gasteiger partial charge in [0, 0.05) is 24.7 Å². The van der Waals surface area contributed by atoms with Crippen LogP contribution in [-0.2, 0) is 12.3 Å². The molecular formula is C17H14FN5S2. The number of hydrogen-bond acceptors (Lipinski definition) is 6. The van der Waals surface area contributed by atoms with Gasteiger partial charge in [0.2, 0.25) is 5.13 Å². The van der Waals surface area contributed by atoms with Crippen LogP contribution < -0.4 is 5.32 Å². The Morgan fingerprint density at radius 1 is 1.12 bits per heavy atom. The minimum Gasteiger partial charge on any atom is -0.356 e. The van der Waals surface area contributed by atoms with Crippen molar-refractivity contribution in [3.63, 3.8) is 0 Å². The fourth-order valence-corrected chi connectivity index (χ4v) is 3.94. The number of hydrogen-bond donors (Lipinski definition) is 1. The normalized spacial score (nSPS) is 11.1. The number of imidazole rings is 1. The van der Waals surface area contributed by atoms with Crippen molar-refractivity contribution in [2.45, 2.75) is 16.6 Å². The summed E-state index contributed by atoms with van der Waals surface area (Å²) >= 11 is 3.12. The van der Waals surface area contributed by atoms with Crippen LogP contribution in [0.2, 0.25) is 0 Å². The summed E-state index contributed by atoms with van der Waals surface area (Å²) < 4.78 is 15.8. The van der Waals surface area contributed by atoms with Crippen molar-refractivity contribution in [1.29, 1.82) is 0 Å². The molecule has 4 aromatic rings. The third-order valence-electron chi connectivity index (χ3n) is 3.52. The topological polar surface area (TPSA) is 55.1 Å². The predicted octanol–water partition coefficient (Wildman–Crippen LogP) is 4.23. The van der Waals surface area contributed by atoms with E-state index < -0.39 is 0 Å². The summed E-state index contributed by atoms with van der Waals surface area (Å²) in [7, 11) is 0. The highest BCUT2D eigenvalue weighted by atomic mass is 32.2. The first-order valence-electron chi connectivity index (χ1n) is 7.63. The van der Waals surface area contributed by atoms with E-state index in [1.54, 1.807) is 23.9 Å². The predicted molar refractivity (Wildman–Crippen MR) is 98.4 cm³/mol. The number of nitrogens with zero attached hydrogens (tertiary/aromatic N) is 4. The van der Waals surface area contributed by atoms with E-state index in [1.807, 2.05) is 35.0 Å². The summed E-state index contributed by atoms with van der Waals surface area (Å²) in [6, 6.07) is 12.3. The molecule has 0 saturated heterocycles. The Kier molecular flexibility index (Phi) is 4.62. The third kappa shape index (κ3) is 3.97. The Balaban J connectivity index is 1.33. The summed E-state index contributed by atoms with van der Waals surface area (Å²) in [5, 5.41) is 12.3. The maximum Gasteiger partial charge on any atom is 0.206 e. The van der Waals surface area contributed by atoms with Gasteiger partial charge in [-0.25, -0.2) is 9.37 Å². The van der Waals surface area contributed by atoms with Crippen molar-refractivity contribution >= 4 is 33.9 Å². The van der Waals surface area contributed by atoms with Crippen molar-refractivity contribution in [3.05, 3.63) is 71.9 Å². The molecule has 5 nitrogen and oxygen atoms in total. The van der Waals surface area contributed by atoms with Gasteiger partial charge in [0.15, 0.2) is 4.34 Å². The zero-order valence-electron chi connectivity index (χ0n) is 13.1.